The zero-order chi connectivity index (χ0) is 6.57. The summed E-state index contributed by atoms with van der Waals surface area (Å²) in [6.45, 7) is 4.18. The average Bonchev–Trinajstić information content (AvgIpc) is 1.84. The SMILES string of the molecule is CC[C@H](C)C(=N)SI. The highest BCUT2D eigenvalue weighted by Crippen LogP contribution is 2.19. The van der Waals surface area contributed by atoms with Gasteiger partial charge in [-0.3, -0.25) is 5.41 Å². The van der Waals surface area contributed by atoms with Crippen LogP contribution >= 0.6 is 30.1 Å². The molecule has 0 unspecified atom stereocenters. The zero-order valence-electron chi connectivity index (χ0n) is 5.07. The maximum Gasteiger partial charge on any atom is 0.0772 e. The lowest BCUT2D eigenvalue weighted by molar-refractivity contribution is 0.747. The van der Waals surface area contributed by atoms with E-state index in [9.17, 15) is 0 Å². The molecule has 0 aliphatic rings. The first kappa shape index (κ1) is 8.75. The number of nitrogens with one attached hydrogen (secondary N) is 1. The Morgan fingerprint density at radius 1 is 1.88 bits per heavy atom. The molecule has 0 aliphatic carbocycles. The van der Waals surface area contributed by atoms with E-state index in [2.05, 4.69) is 35.1 Å². The van der Waals surface area contributed by atoms with Crippen molar-refractivity contribution in [1.82, 2.24) is 0 Å². The van der Waals surface area contributed by atoms with Gasteiger partial charge in [0, 0.05) is 27.1 Å². The van der Waals surface area contributed by atoms with Crippen LogP contribution in [-0.2, 0) is 0 Å². The predicted octanol–water partition coefficient (Wildman–Crippen LogP) is 3.09. The lowest BCUT2D eigenvalue weighted by atomic mass is 10.1. The van der Waals surface area contributed by atoms with Crippen molar-refractivity contribution in [2.24, 2.45) is 5.92 Å². The van der Waals surface area contributed by atoms with Crippen molar-refractivity contribution < 1.29 is 0 Å². The molecule has 0 amide bonds. The highest BCUT2D eigenvalue weighted by atomic mass is 127. The molecular formula is C5H10INS. The molecule has 1 atom stereocenters. The first-order chi connectivity index (χ1) is 3.72. The lowest BCUT2D eigenvalue weighted by Crippen LogP contribution is -2.01. The summed E-state index contributed by atoms with van der Waals surface area (Å²) in [5.74, 6) is 0.455. The molecule has 0 bridgehead atoms. The van der Waals surface area contributed by atoms with E-state index in [4.69, 9.17) is 5.41 Å². The van der Waals surface area contributed by atoms with Crippen LogP contribution in [0.4, 0.5) is 0 Å². The van der Waals surface area contributed by atoms with Gasteiger partial charge in [0.1, 0.15) is 0 Å². The normalized spacial score (nSPS) is 13.4. The molecule has 0 aromatic heterocycles. The van der Waals surface area contributed by atoms with E-state index in [0.717, 1.165) is 11.5 Å². The van der Waals surface area contributed by atoms with Gasteiger partial charge < -0.3 is 0 Å². The molecule has 0 saturated carbocycles. The van der Waals surface area contributed by atoms with E-state index < -0.39 is 0 Å². The van der Waals surface area contributed by atoms with E-state index in [1.54, 1.807) is 0 Å². The average molecular weight is 243 g/mol. The predicted molar refractivity (Wildman–Crippen MR) is 48.8 cm³/mol. The van der Waals surface area contributed by atoms with Crippen molar-refractivity contribution >= 4 is 35.2 Å². The molecule has 0 heterocycles. The Balaban J connectivity index is 3.46. The van der Waals surface area contributed by atoms with Crippen molar-refractivity contribution in [3.63, 3.8) is 0 Å². The van der Waals surface area contributed by atoms with Crippen molar-refractivity contribution in [3.05, 3.63) is 0 Å². The molecule has 0 aromatic carbocycles. The minimum Gasteiger partial charge on any atom is -0.297 e. The fraction of sp³-hybridized carbons (Fsp3) is 0.800. The van der Waals surface area contributed by atoms with Crippen LogP contribution in [0.25, 0.3) is 0 Å². The quantitative estimate of drug-likeness (QED) is 0.449. The standard InChI is InChI=1S/C5H10INS/c1-3-4(2)5(7)8-6/h4,7H,3H2,1-2H3/t4-/m0/s1. The minimum absolute atomic E-state index is 0.455. The molecule has 48 valence electrons. The molecule has 0 radical (unpaired) electrons. The van der Waals surface area contributed by atoms with Crippen LogP contribution in [0.3, 0.4) is 0 Å². The number of hydrogen-bond acceptors (Lipinski definition) is 2. The Bertz CT molecular complexity index is 84.5. The third-order valence-corrected chi connectivity index (χ3v) is 3.14. The summed E-state index contributed by atoms with van der Waals surface area (Å²) in [6.07, 6.45) is 1.08. The minimum atomic E-state index is 0.455. The largest absolute Gasteiger partial charge is 0.297 e. The zero-order valence-corrected chi connectivity index (χ0v) is 8.04. The summed E-state index contributed by atoms with van der Waals surface area (Å²) >= 11 is 2.14. The maximum atomic E-state index is 7.30. The molecule has 0 spiro atoms. The number of rotatable bonds is 2. The first-order valence-electron chi connectivity index (χ1n) is 2.59. The van der Waals surface area contributed by atoms with Gasteiger partial charge in [-0.25, -0.2) is 0 Å². The smallest absolute Gasteiger partial charge is 0.0772 e. The second kappa shape index (κ2) is 4.61. The van der Waals surface area contributed by atoms with Crippen LogP contribution in [0.2, 0.25) is 0 Å². The molecular weight excluding hydrogens is 233 g/mol. The molecule has 0 aromatic rings. The second-order valence-electron chi connectivity index (χ2n) is 1.75. The fourth-order valence-corrected chi connectivity index (χ4v) is 1.88. The van der Waals surface area contributed by atoms with Gasteiger partial charge in [0.05, 0.1) is 5.04 Å². The van der Waals surface area contributed by atoms with Gasteiger partial charge in [-0.2, -0.15) is 0 Å². The van der Waals surface area contributed by atoms with Gasteiger partial charge in [0.25, 0.3) is 0 Å². The molecule has 0 rings (SSSR count). The topological polar surface area (TPSA) is 23.9 Å². The highest BCUT2D eigenvalue weighted by Gasteiger charge is 2.03. The molecule has 8 heavy (non-hydrogen) atoms. The van der Waals surface area contributed by atoms with E-state index in [1.807, 2.05) is 0 Å². The van der Waals surface area contributed by atoms with Crippen LogP contribution in [0, 0.1) is 11.3 Å². The van der Waals surface area contributed by atoms with Crippen molar-refractivity contribution in [3.8, 4) is 0 Å². The highest BCUT2D eigenvalue weighted by molar-refractivity contribution is 14.2. The van der Waals surface area contributed by atoms with E-state index in [0.29, 0.717) is 5.92 Å². The Hall–Kier alpha value is 0.750. The van der Waals surface area contributed by atoms with E-state index >= 15 is 0 Å². The molecule has 0 fully saturated rings. The Labute approximate surface area is 66.7 Å². The van der Waals surface area contributed by atoms with E-state index in [1.165, 1.54) is 8.93 Å². The second-order valence-corrected chi connectivity index (χ2v) is 3.67. The summed E-state index contributed by atoms with van der Waals surface area (Å²) in [5.41, 5.74) is 0. The Morgan fingerprint density at radius 3 is 2.50 bits per heavy atom. The van der Waals surface area contributed by atoms with Crippen LogP contribution in [0.15, 0.2) is 0 Å². The molecule has 0 aliphatic heterocycles. The van der Waals surface area contributed by atoms with Gasteiger partial charge in [-0.15, -0.1) is 0 Å². The maximum absolute atomic E-state index is 7.30. The van der Waals surface area contributed by atoms with Gasteiger partial charge in [-0.05, 0) is 15.4 Å². The summed E-state index contributed by atoms with van der Waals surface area (Å²) in [7, 11) is 1.51. The molecule has 3 heteroatoms. The van der Waals surface area contributed by atoms with Gasteiger partial charge in [-0.1, -0.05) is 13.8 Å². The summed E-state index contributed by atoms with van der Waals surface area (Å²) < 4.78 is 0. The van der Waals surface area contributed by atoms with Crippen LogP contribution in [0.5, 0.6) is 0 Å². The summed E-state index contributed by atoms with van der Waals surface area (Å²) in [5, 5.41) is 8.08. The lowest BCUT2D eigenvalue weighted by Gasteiger charge is -2.04. The Morgan fingerprint density at radius 2 is 2.38 bits per heavy atom. The van der Waals surface area contributed by atoms with Crippen LogP contribution < -0.4 is 0 Å². The van der Waals surface area contributed by atoms with Gasteiger partial charge in [0.15, 0.2) is 0 Å². The number of hydrogen-bond donors (Lipinski definition) is 1. The summed E-state index contributed by atoms with van der Waals surface area (Å²) in [6, 6.07) is 0. The molecule has 1 nitrogen and oxygen atoms in total. The van der Waals surface area contributed by atoms with Crippen molar-refractivity contribution in [2.75, 3.05) is 0 Å². The van der Waals surface area contributed by atoms with Crippen molar-refractivity contribution in [2.45, 2.75) is 20.3 Å². The fourth-order valence-electron chi connectivity index (χ4n) is 0.261. The third kappa shape index (κ3) is 2.91. The van der Waals surface area contributed by atoms with Crippen LogP contribution in [0.1, 0.15) is 20.3 Å². The molecule has 0 saturated heterocycles. The molecule has 1 N–H and O–H groups in total. The van der Waals surface area contributed by atoms with Gasteiger partial charge in [0.2, 0.25) is 0 Å². The third-order valence-electron chi connectivity index (χ3n) is 1.14. The summed E-state index contributed by atoms with van der Waals surface area (Å²) in [4.78, 5) is 0. The number of halogens is 1. The van der Waals surface area contributed by atoms with Gasteiger partial charge >= 0.3 is 0 Å². The monoisotopic (exact) mass is 243 g/mol. The Kier molecular flexibility index (Phi) is 5.04. The first-order valence-corrected chi connectivity index (χ1v) is 5.95. The van der Waals surface area contributed by atoms with E-state index in [-0.39, 0.29) is 0 Å². The van der Waals surface area contributed by atoms with Crippen molar-refractivity contribution in [1.29, 1.82) is 5.41 Å². The van der Waals surface area contributed by atoms with Crippen LogP contribution in [-0.4, -0.2) is 5.04 Å².